The van der Waals surface area contributed by atoms with E-state index < -0.39 is 12.0 Å². The molecule has 0 aromatic heterocycles. The molecule has 1 N–H and O–H groups in total. The van der Waals surface area contributed by atoms with Crippen molar-refractivity contribution in [3.63, 3.8) is 0 Å². The Labute approximate surface area is 150 Å². The lowest BCUT2D eigenvalue weighted by molar-refractivity contribution is -0.147. The number of hydrogen-bond donors (Lipinski definition) is 1. The number of amides is 1. The van der Waals surface area contributed by atoms with E-state index in [9.17, 15) is 14.7 Å². The normalized spacial score (nSPS) is 18.4. The summed E-state index contributed by atoms with van der Waals surface area (Å²) in [5, 5.41) is 10.1. The Morgan fingerprint density at radius 2 is 2.05 bits per heavy atom. The molecule has 1 aliphatic rings. The number of carbonyl (C=O) groups excluding carboxylic acids is 2. The third-order valence-corrected chi connectivity index (χ3v) is 4.94. The number of halogens is 2. The predicted octanol–water partition coefficient (Wildman–Crippen LogP) is 2.77. The second kappa shape index (κ2) is 7.12. The molecule has 1 aromatic rings. The van der Waals surface area contributed by atoms with E-state index in [0.29, 0.717) is 16.5 Å². The van der Waals surface area contributed by atoms with E-state index in [0.717, 1.165) is 16.4 Å². The van der Waals surface area contributed by atoms with Crippen LogP contribution in [0.25, 0.3) is 0 Å². The summed E-state index contributed by atoms with van der Waals surface area (Å²) in [5.41, 5.74) is 0.238. The van der Waals surface area contributed by atoms with Crippen molar-refractivity contribution in [2.45, 2.75) is 25.3 Å². The SMILES string of the molecule is COC(=O)[C@H]1CCCCN1C(=O)c1cc(I)cc(I)c1O. The van der Waals surface area contributed by atoms with E-state index in [1.165, 1.54) is 12.0 Å². The van der Waals surface area contributed by atoms with Gasteiger partial charge in [0.15, 0.2) is 0 Å². The molecule has 1 aromatic carbocycles. The van der Waals surface area contributed by atoms with Crippen molar-refractivity contribution in [3.05, 3.63) is 24.8 Å². The van der Waals surface area contributed by atoms with Crippen LogP contribution in [-0.2, 0) is 9.53 Å². The van der Waals surface area contributed by atoms with Gasteiger partial charge in [-0.05, 0) is 76.6 Å². The highest BCUT2D eigenvalue weighted by Gasteiger charge is 2.34. The molecule has 0 bridgehead atoms. The Bertz CT molecular complexity index is 576. The molecular weight excluding hydrogens is 500 g/mol. The number of benzene rings is 1. The number of piperidine rings is 1. The van der Waals surface area contributed by atoms with Gasteiger partial charge in [-0.2, -0.15) is 0 Å². The van der Waals surface area contributed by atoms with Crippen LogP contribution in [0.3, 0.4) is 0 Å². The van der Waals surface area contributed by atoms with Gasteiger partial charge in [-0.3, -0.25) is 4.79 Å². The van der Waals surface area contributed by atoms with Crippen LogP contribution in [0.4, 0.5) is 0 Å². The zero-order chi connectivity index (χ0) is 15.6. The number of hydrogen-bond acceptors (Lipinski definition) is 4. The molecule has 1 amide bonds. The molecule has 0 spiro atoms. The Balaban J connectivity index is 2.35. The van der Waals surface area contributed by atoms with Gasteiger partial charge in [-0.1, -0.05) is 0 Å². The largest absolute Gasteiger partial charge is 0.506 e. The van der Waals surface area contributed by atoms with Crippen LogP contribution in [0.1, 0.15) is 29.6 Å². The van der Waals surface area contributed by atoms with Gasteiger partial charge in [0.1, 0.15) is 11.8 Å². The molecule has 1 aliphatic heterocycles. The molecule has 1 heterocycles. The zero-order valence-electron chi connectivity index (χ0n) is 11.4. The molecule has 1 fully saturated rings. The lowest BCUT2D eigenvalue weighted by Gasteiger charge is -2.34. The Hall–Kier alpha value is -0.580. The summed E-state index contributed by atoms with van der Waals surface area (Å²) in [6.07, 6.45) is 2.33. The Kier molecular flexibility index (Phi) is 5.69. The Morgan fingerprint density at radius 3 is 2.71 bits per heavy atom. The molecule has 21 heavy (non-hydrogen) atoms. The van der Waals surface area contributed by atoms with Crippen molar-refractivity contribution < 1.29 is 19.4 Å². The summed E-state index contributed by atoms with van der Waals surface area (Å²) < 4.78 is 6.27. The maximum absolute atomic E-state index is 12.7. The van der Waals surface area contributed by atoms with Crippen molar-refractivity contribution in [2.24, 2.45) is 0 Å². The lowest BCUT2D eigenvalue weighted by Crippen LogP contribution is -2.48. The maximum atomic E-state index is 12.7. The van der Waals surface area contributed by atoms with Crippen LogP contribution in [0.5, 0.6) is 5.75 Å². The van der Waals surface area contributed by atoms with Crippen molar-refractivity contribution >= 4 is 57.1 Å². The molecule has 0 aliphatic carbocycles. The minimum absolute atomic E-state index is 0.0322. The highest BCUT2D eigenvalue weighted by Crippen LogP contribution is 2.30. The quantitative estimate of drug-likeness (QED) is 0.487. The topological polar surface area (TPSA) is 66.8 Å². The smallest absolute Gasteiger partial charge is 0.328 e. The van der Waals surface area contributed by atoms with Crippen molar-refractivity contribution in [2.75, 3.05) is 13.7 Å². The highest BCUT2D eigenvalue weighted by molar-refractivity contribution is 14.1. The van der Waals surface area contributed by atoms with Crippen molar-refractivity contribution in [3.8, 4) is 5.75 Å². The third-order valence-electron chi connectivity index (χ3n) is 3.50. The minimum atomic E-state index is -0.564. The number of rotatable bonds is 2. The van der Waals surface area contributed by atoms with E-state index >= 15 is 0 Å². The summed E-state index contributed by atoms with van der Waals surface area (Å²) in [6.45, 7) is 0.500. The van der Waals surface area contributed by atoms with Gasteiger partial charge in [0, 0.05) is 10.1 Å². The van der Waals surface area contributed by atoms with Gasteiger partial charge in [-0.15, -0.1) is 0 Å². The first-order valence-electron chi connectivity index (χ1n) is 6.52. The molecule has 0 saturated carbocycles. The molecular formula is C14H15I2NO4. The van der Waals surface area contributed by atoms with E-state index in [4.69, 9.17) is 4.74 Å². The molecule has 5 nitrogen and oxygen atoms in total. The van der Waals surface area contributed by atoms with Gasteiger partial charge in [0.05, 0.1) is 16.2 Å². The first-order valence-corrected chi connectivity index (χ1v) is 8.68. The lowest BCUT2D eigenvalue weighted by atomic mass is 10.0. The number of esters is 1. The van der Waals surface area contributed by atoms with Crippen LogP contribution in [-0.4, -0.2) is 41.6 Å². The first kappa shape index (κ1) is 16.8. The van der Waals surface area contributed by atoms with Crippen molar-refractivity contribution in [1.29, 1.82) is 0 Å². The summed E-state index contributed by atoms with van der Waals surface area (Å²) in [7, 11) is 1.32. The Morgan fingerprint density at radius 1 is 1.33 bits per heavy atom. The van der Waals surface area contributed by atoms with Gasteiger partial charge >= 0.3 is 5.97 Å². The average Bonchev–Trinajstić information content (AvgIpc) is 2.49. The molecule has 1 saturated heterocycles. The van der Waals surface area contributed by atoms with Crippen LogP contribution in [0, 0.1) is 7.14 Å². The second-order valence-electron chi connectivity index (χ2n) is 4.82. The number of ether oxygens (including phenoxy) is 1. The van der Waals surface area contributed by atoms with Gasteiger partial charge in [-0.25, -0.2) is 4.79 Å². The van der Waals surface area contributed by atoms with Crippen LogP contribution in [0.15, 0.2) is 12.1 Å². The van der Waals surface area contributed by atoms with Gasteiger partial charge < -0.3 is 14.7 Å². The summed E-state index contributed by atoms with van der Waals surface area (Å²) in [6, 6.07) is 2.87. The van der Waals surface area contributed by atoms with Crippen LogP contribution < -0.4 is 0 Å². The molecule has 0 unspecified atom stereocenters. The number of likely N-dealkylation sites (tertiary alicyclic amines) is 1. The highest BCUT2D eigenvalue weighted by atomic mass is 127. The van der Waals surface area contributed by atoms with E-state index in [-0.39, 0.29) is 17.2 Å². The minimum Gasteiger partial charge on any atom is -0.506 e. The fourth-order valence-electron chi connectivity index (χ4n) is 2.44. The summed E-state index contributed by atoms with van der Waals surface area (Å²) in [5.74, 6) is -0.753. The van der Waals surface area contributed by atoms with Gasteiger partial charge in [0.2, 0.25) is 0 Å². The monoisotopic (exact) mass is 515 g/mol. The fourth-order valence-corrected chi connectivity index (χ4v) is 4.28. The number of carbonyl (C=O) groups is 2. The number of aromatic hydroxyl groups is 1. The molecule has 114 valence electrons. The van der Waals surface area contributed by atoms with E-state index in [2.05, 4.69) is 22.6 Å². The standard InChI is InChI=1S/C14H15I2NO4/c1-21-14(20)11-4-2-3-5-17(11)13(19)9-6-8(15)7-10(16)12(9)18/h6-7,11,18H,2-5H2,1H3/t11-/m1/s1. The molecule has 7 heteroatoms. The number of phenolic OH excluding ortho intramolecular Hbond substituents is 1. The van der Waals surface area contributed by atoms with Gasteiger partial charge in [0.25, 0.3) is 5.91 Å². The maximum Gasteiger partial charge on any atom is 0.328 e. The second-order valence-corrected chi connectivity index (χ2v) is 7.22. The first-order chi connectivity index (χ1) is 9.95. The molecule has 2 rings (SSSR count). The number of nitrogens with zero attached hydrogens (tertiary/aromatic N) is 1. The molecule has 0 radical (unpaired) electrons. The van der Waals surface area contributed by atoms with Crippen LogP contribution >= 0.6 is 45.2 Å². The summed E-state index contributed by atoms with van der Waals surface area (Å²) in [4.78, 5) is 26.1. The fraction of sp³-hybridized carbons (Fsp3) is 0.429. The zero-order valence-corrected chi connectivity index (χ0v) is 15.8. The third kappa shape index (κ3) is 3.61. The van der Waals surface area contributed by atoms with Crippen molar-refractivity contribution in [1.82, 2.24) is 4.90 Å². The number of phenols is 1. The molecule has 1 atom stereocenters. The number of methoxy groups -OCH3 is 1. The van der Waals surface area contributed by atoms with E-state index in [1.54, 1.807) is 12.1 Å². The average molecular weight is 515 g/mol. The van der Waals surface area contributed by atoms with Crippen LogP contribution in [0.2, 0.25) is 0 Å². The predicted molar refractivity (Wildman–Crippen MR) is 94.2 cm³/mol. The summed E-state index contributed by atoms with van der Waals surface area (Å²) >= 11 is 4.09. The van der Waals surface area contributed by atoms with E-state index in [1.807, 2.05) is 22.6 Å².